The van der Waals surface area contributed by atoms with Crippen molar-refractivity contribution in [2.45, 2.75) is 0 Å². The molecule has 0 saturated carbocycles. The predicted molar refractivity (Wildman–Crippen MR) is 152 cm³/mol. The molecule has 7 heteroatoms. The fourth-order valence-corrected chi connectivity index (χ4v) is 7.68. The molecule has 37 heavy (non-hydrogen) atoms. The Bertz CT molecular complexity index is 1730. The Hall–Kier alpha value is -3.69. The lowest BCUT2D eigenvalue weighted by molar-refractivity contribution is 0.104. The number of hydrogen-bond donors (Lipinski definition) is 0. The number of fused-ring (bicyclic) bond motifs is 2. The fraction of sp³-hybridized carbons (Fsp3) is 0. The molecule has 0 amide bonds. The van der Waals surface area contributed by atoms with Crippen LogP contribution >= 0.6 is 30.5 Å². The van der Waals surface area contributed by atoms with Crippen molar-refractivity contribution >= 4 is 57.2 Å². The van der Waals surface area contributed by atoms with Gasteiger partial charge in [0.2, 0.25) is 7.29 Å². The van der Waals surface area contributed by atoms with Crippen molar-refractivity contribution < 1.29 is 9.36 Å². The molecule has 0 spiro atoms. The van der Waals surface area contributed by atoms with Crippen molar-refractivity contribution in [3.8, 4) is 11.3 Å². The van der Waals surface area contributed by atoms with E-state index < -0.39 is 7.29 Å². The molecule has 0 bridgehead atoms. The summed E-state index contributed by atoms with van der Waals surface area (Å²) >= 11 is 13.5. The highest BCUT2D eigenvalue weighted by Crippen LogP contribution is 2.57. The van der Waals surface area contributed by atoms with Crippen molar-refractivity contribution in [1.82, 2.24) is 9.55 Å². The maximum atomic E-state index is 14.9. The predicted octanol–water partition coefficient (Wildman–Crippen LogP) is 8.85. The summed E-state index contributed by atoms with van der Waals surface area (Å²) in [5, 5.41) is 6.14. The van der Waals surface area contributed by atoms with Gasteiger partial charge in [0.25, 0.3) is 0 Å². The van der Waals surface area contributed by atoms with E-state index in [0.29, 0.717) is 43.4 Å². The van der Waals surface area contributed by atoms with Crippen LogP contribution in [-0.4, -0.2) is 15.3 Å². The number of aromatic nitrogens is 2. The molecule has 0 N–H and O–H groups in total. The van der Waals surface area contributed by atoms with Crippen LogP contribution in [0.1, 0.15) is 27.0 Å². The van der Waals surface area contributed by atoms with Gasteiger partial charge in [0.15, 0.2) is 5.78 Å². The second-order valence-corrected chi connectivity index (χ2v) is 11.7. The minimum Gasteiger partial charge on any atom is -0.289 e. The molecule has 0 saturated heterocycles. The molecule has 4 nitrogen and oxygen atoms in total. The van der Waals surface area contributed by atoms with Crippen molar-refractivity contribution in [2.75, 3.05) is 0 Å². The van der Waals surface area contributed by atoms with Gasteiger partial charge in [-0.05, 0) is 17.2 Å². The van der Waals surface area contributed by atoms with E-state index in [1.165, 1.54) is 16.1 Å². The number of carbonyl (C=O) groups is 1. The van der Waals surface area contributed by atoms with Crippen molar-refractivity contribution in [2.24, 2.45) is 0 Å². The molecule has 1 heterocycles. The van der Waals surface area contributed by atoms with Gasteiger partial charge in [0, 0.05) is 33.7 Å². The minimum atomic E-state index is -3.67. The first-order valence-corrected chi connectivity index (χ1v) is 14.2. The topological polar surface area (TPSA) is 52.0 Å². The number of rotatable bonds is 5. The average molecular weight is 541 g/mol. The van der Waals surface area contributed by atoms with Crippen LogP contribution in [0.5, 0.6) is 0 Å². The van der Waals surface area contributed by atoms with E-state index in [-0.39, 0.29) is 5.78 Å². The van der Waals surface area contributed by atoms with Crippen LogP contribution in [-0.2, 0) is 4.57 Å². The Morgan fingerprint density at radius 1 is 0.676 bits per heavy atom. The standard InChI is InChI=1S/C30H19Cl2N2O2P/c31-25(20-10-3-1-4-11-20)18-37(36,19-26(32)21-12-5-2-6-13-21)34-27-17-9-16-24-28(27)29(33-34)22-14-7-8-15-23(22)30(24)35/h1-19H/b25-18-,26-19?. The molecule has 1 atom stereocenters. The van der Waals surface area contributed by atoms with E-state index in [4.69, 9.17) is 28.3 Å². The third kappa shape index (κ3) is 4.08. The normalized spacial score (nSPS) is 14.9. The number of nitrogens with zero attached hydrogens (tertiary/aromatic N) is 2. The second kappa shape index (κ2) is 9.32. The summed E-state index contributed by atoms with van der Waals surface area (Å²) in [5.74, 6) is 2.95. The Kier molecular flexibility index (Phi) is 5.97. The Morgan fingerprint density at radius 3 is 1.78 bits per heavy atom. The first kappa shape index (κ1) is 23.7. The van der Waals surface area contributed by atoms with E-state index in [9.17, 15) is 9.36 Å². The van der Waals surface area contributed by atoms with Gasteiger partial charge in [-0.2, -0.15) is 5.10 Å². The first-order valence-electron chi connectivity index (χ1n) is 11.6. The molecule has 4 aromatic carbocycles. The molecule has 0 fully saturated rings. The van der Waals surface area contributed by atoms with Gasteiger partial charge in [0.05, 0.1) is 15.6 Å². The Labute approximate surface area is 223 Å². The van der Waals surface area contributed by atoms with Crippen LogP contribution in [0.15, 0.2) is 115 Å². The summed E-state index contributed by atoms with van der Waals surface area (Å²) in [6.07, 6.45) is 0. The van der Waals surface area contributed by atoms with E-state index >= 15 is 0 Å². The van der Waals surface area contributed by atoms with Crippen LogP contribution in [0.2, 0.25) is 0 Å². The zero-order valence-electron chi connectivity index (χ0n) is 19.4. The van der Waals surface area contributed by atoms with Gasteiger partial charge in [-0.1, -0.05) is 120 Å². The summed E-state index contributed by atoms with van der Waals surface area (Å²) in [4.78, 5) is 13.3. The zero-order chi connectivity index (χ0) is 25.6. The number of carbonyl (C=O) groups excluding carboxylic acids is 1. The van der Waals surface area contributed by atoms with Gasteiger partial charge in [0.1, 0.15) is 5.69 Å². The zero-order valence-corrected chi connectivity index (χ0v) is 21.8. The molecule has 0 aliphatic heterocycles. The lowest BCUT2D eigenvalue weighted by Gasteiger charge is -2.15. The summed E-state index contributed by atoms with van der Waals surface area (Å²) in [7, 11) is -3.67. The largest absolute Gasteiger partial charge is 0.289 e. The quantitative estimate of drug-likeness (QED) is 0.205. The van der Waals surface area contributed by atoms with Crippen molar-refractivity contribution in [3.63, 3.8) is 0 Å². The van der Waals surface area contributed by atoms with Crippen LogP contribution in [0.4, 0.5) is 0 Å². The van der Waals surface area contributed by atoms with Crippen LogP contribution in [0.3, 0.4) is 0 Å². The molecular weight excluding hydrogens is 522 g/mol. The molecule has 1 aliphatic rings. The SMILES string of the molecule is O=C1c2ccccc2-c2nn(P(=O)(C=C(Cl)c3ccccc3)/C=C(\Cl)c3ccccc3)c3cccc1c23. The van der Waals surface area contributed by atoms with Crippen LogP contribution in [0.25, 0.3) is 32.2 Å². The van der Waals surface area contributed by atoms with Gasteiger partial charge in [-0.3, -0.25) is 9.36 Å². The lowest BCUT2D eigenvalue weighted by atomic mass is 9.87. The van der Waals surface area contributed by atoms with Crippen molar-refractivity contribution in [3.05, 3.63) is 137 Å². The molecule has 1 aromatic heterocycles. The maximum absolute atomic E-state index is 14.9. The summed E-state index contributed by atoms with van der Waals surface area (Å²) < 4.78 is 16.4. The van der Waals surface area contributed by atoms with Gasteiger partial charge >= 0.3 is 0 Å². The highest BCUT2D eigenvalue weighted by molar-refractivity contribution is 7.69. The highest BCUT2D eigenvalue weighted by Gasteiger charge is 2.33. The third-order valence-corrected chi connectivity index (χ3v) is 9.47. The smallest absolute Gasteiger partial charge is 0.238 e. The monoisotopic (exact) mass is 540 g/mol. The maximum Gasteiger partial charge on any atom is 0.238 e. The molecule has 1 unspecified atom stereocenters. The highest BCUT2D eigenvalue weighted by atomic mass is 35.5. The molecule has 5 aromatic rings. The summed E-state index contributed by atoms with van der Waals surface area (Å²) in [5.41, 5.74) is 4.42. The summed E-state index contributed by atoms with van der Waals surface area (Å²) in [6.45, 7) is 0. The second-order valence-electron chi connectivity index (χ2n) is 8.67. The molecule has 0 radical (unpaired) electrons. The molecule has 1 aliphatic carbocycles. The Balaban J connectivity index is 1.64. The van der Waals surface area contributed by atoms with E-state index in [2.05, 4.69) is 0 Å². The molecular formula is C30H19Cl2N2O2P. The number of hydrogen-bond acceptors (Lipinski definition) is 3. The minimum absolute atomic E-state index is 0.0844. The fourth-order valence-electron chi connectivity index (χ4n) is 4.62. The van der Waals surface area contributed by atoms with Gasteiger partial charge in [-0.15, -0.1) is 0 Å². The molecule has 180 valence electrons. The van der Waals surface area contributed by atoms with Gasteiger partial charge < -0.3 is 0 Å². The van der Waals surface area contributed by atoms with Crippen molar-refractivity contribution in [1.29, 1.82) is 0 Å². The number of halogens is 2. The number of ketones is 1. The van der Waals surface area contributed by atoms with E-state index in [1.807, 2.05) is 84.9 Å². The van der Waals surface area contributed by atoms with Crippen LogP contribution in [0, 0.1) is 0 Å². The third-order valence-electron chi connectivity index (χ3n) is 6.35. The Morgan fingerprint density at radius 2 is 1.19 bits per heavy atom. The van der Waals surface area contributed by atoms with E-state index in [1.54, 1.807) is 18.2 Å². The molecule has 6 rings (SSSR count). The first-order chi connectivity index (χ1) is 18.0. The van der Waals surface area contributed by atoms with Gasteiger partial charge in [-0.25, -0.2) is 4.45 Å². The lowest BCUT2D eigenvalue weighted by Crippen LogP contribution is -2.08. The van der Waals surface area contributed by atoms with E-state index in [0.717, 1.165) is 11.1 Å². The summed E-state index contributed by atoms with van der Waals surface area (Å²) in [6, 6.07) is 31.3. The van der Waals surface area contributed by atoms with Crippen LogP contribution < -0.4 is 0 Å². The number of benzene rings is 4. The average Bonchev–Trinajstić information content (AvgIpc) is 3.34.